The third-order valence-corrected chi connectivity index (χ3v) is 2.38. The van der Waals surface area contributed by atoms with Crippen LogP contribution in [0.4, 0.5) is 17.6 Å². The molecule has 1 aromatic heterocycles. The summed E-state index contributed by atoms with van der Waals surface area (Å²) in [4.78, 5) is 13.8. The summed E-state index contributed by atoms with van der Waals surface area (Å²) in [6.07, 6.45) is -5.29. The highest BCUT2D eigenvalue weighted by atomic mass is 19.4. The van der Waals surface area contributed by atoms with Crippen molar-refractivity contribution in [2.24, 2.45) is 0 Å². The van der Waals surface area contributed by atoms with Crippen molar-refractivity contribution < 1.29 is 32.0 Å². The van der Waals surface area contributed by atoms with Crippen LogP contribution in [-0.4, -0.2) is 16.1 Å². The SMILES string of the molecule is O=C([O-])c1noc(Cc2cccc(C(F)(F)F)c2F)n1. The van der Waals surface area contributed by atoms with Crippen LogP contribution in [0.15, 0.2) is 22.7 Å². The summed E-state index contributed by atoms with van der Waals surface area (Å²) in [5.41, 5.74) is -1.76. The number of carbonyl (C=O) groups excluding carboxylic acids is 1. The quantitative estimate of drug-likeness (QED) is 0.793. The first-order chi connectivity index (χ1) is 9.29. The zero-order valence-electron chi connectivity index (χ0n) is 9.57. The summed E-state index contributed by atoms with van der Waals surface area (Å²) in [6.45, 7) is 0. The lowest BCUT2D eigenvalue weighted by atomic mass is 10.1. The van der Waals surface area contributed by atoms with E-state index in [0.717, 1.165) is 12.1 Å². The highest BCUT2D eigenvalue weighted by Gasteiger charge is 2.34. The van der Waals surface area contributed by atoms with Gasteiger partial charge in [-0.15, -0.1) is 0 Å². The van der Waals surface area contributed by atoms with Crippen LogP contribution in [0.1, 0.15) is 27.6 Å². The molecule has 0 N–H and O–H groups in total. The minimum Gasteiger partial charge on any atom is -0.541 e. The Morgan fingerprint density at radius 1 is 1.35 bits per heavy atom. The number of alkyl halides is 3. The van der Waals surface area contributed by atoms with Crippen LogP contribution in [0.5, 0.6) is 0 Å². The number of rotatable bonds is 3. The molecule has 0 amide bonds. The Morgan fingerprint density at radius 2 is 2.05 bits per heavy atom. The summed E-state index contributed by atoms with van der Waals surface area (Å²) in [5, 5.41) is 13.4. The fourth-order valence-electron chi connectivity index (χ4n) is 1.51. The molecule has 1 aromatic carbocycles. The van der Waals surface area contributed by atoms with E-state index >= 15 is 0 Å². The minimum atomic E-state index is -4.83. The minimum absolute atomic E-state index is 0.331. The molecule has 0 radical (unpaired) electrons. The van der Waals surface area contributed by atoms with Gasteiger partial charge in [0.15, 0.2) is 0 Å². The normalized spacial score (nSPS) is 11.6. The molecule has 2 rings (SSSR count). The molecule has 0 spiro atoms. The fourth-order valence-corrected chi connectivity index (χ4v) is 1.51. The number of halogens is 4. The Kier molecular flexibility index (Phi) is 3.43. The van der Waals surface area contributed by atoms with E-state index in [-0.39, 0.29) is 11.5 Å². The van der Waals surface area contributed by atoms with Gasteiger partial charge in [-0.3, -0.25) is 0 Å². The average molecular weight is 289 g/mol. The molecule has 5 nitrogen and oxygen atoms in total. The van der Waals surface area contributed by atoms with E-state index < -0.39 is 35.8 Å². The van der Waals surface area contributed by atoms with Crippen molar-refractivity contribution in [3.63, 3.8) is 0 Å². The van der Waals surface area contributed by atoms with Gasteiger partial charge in [-0.05, 0) is 11.6 Å². The molecule has 1 heterocycles. The van der Waals surface area contributed by atoms with Gasteiger partial charge in [-0.25, -0.2) is 4.39 Å². The lowest BCUT2D eigenvalue weighted by Gasteiger charge is -2.09. The van der Waals surface area contributed by atoms with Gasteiger partial charge in [0.2, 0.25) is 11.7 Å². The van der Waals surface area contributed by atoms with Crippen molar-refractivity contribution >= 4 is 5.97 Å². The van der Waals surface area contributed by atoms with E-state index in [1.807, 2.05) is 0 Å². The topological polar surface area (TPSA) is 79.0 Å². The standard InChI is InChI=1S/C11H6F4N2O3/c12-8-5(2-1-3-6(8)11(13,14)15)4-7-16-9(10(18)19)17-20-7/h1-3H,4H2,(H,18,19)/p-1. The van der Waals surface area contributed by atoms with Gasteiger partial charge in [0.05, 0.1) is 12.0 Å². The Bertz CT molecular complexity index is 651. The second kappa shape index (κ2) is 4.91. The van der Waals surface area contributed by atoms with Gasteiger partial charge >= 0.3 is 6.18 Å². The van der Waals surface area contributed by atoms with Gasteiger partial charge in [0, 0.05) is 0 Å². The van der Waals surface area contributed by atoms with Gasteiger partial charge in [-0.2, -0.15) is 18.2 Å². The molecule has 0 fully saturated rings. The second-order valence-corrected chi connectivity index (χ2v) is 3.75. The van der Waals surface area contributed by atoms with Crippen LogP contribution in [0.3, 0.4) is 0 Å². The van der Waals surface area contributed by atoms with Gasteiger partial charge in [0.1, 0.15) is 11.8 Å². The van der Waals surface area contributed by atoms with Crippen molar-refractivity contribution in [2.75, 3.05) is 0 Å². The van der Waals surface area contributed by atoms with Crippen LogP contribution in [0.2, 0.25) is 0 Å². The number of nitrogens with zero attached hydrogens (tertiary/aromatic N) is 2. The van der Waals surface area contributed by atoms with Crippen molar-refractivity contribution in [1.82, 2.24) is 10.1 Å². The van der Waals surface area contributed by atoms with Crippen molar-refractivity contribution in [2.45, 2.75) is 12.6 Å². The van der Waals surface area contributed by atoms with E-state index in [4.69, 9.17) is 0 Å². The number of aromatic nitrogens is 2. The lowest BCUT2D eigenvalue weighted by molar-refractivity contribution is -0.256. The van der Waals surface area contributed by atoms with Crippen molar-refractivity contribution in [3.05, 3.63) is 46.9 Å². The third-order valence-electron chi connectivity index (χ3n) is 2.38. The van der Waals surface area contributed by atoms with Gasteiger partial charge < -0.3 is 14.4 Å². The van der Waals surface area contributed by atoms with Gasteiger partial charge in [-0.1, -0.05) is 17.3 Å². The molecular formula is C11H5F4N2O3-. The van der Waals surface area contributed by atoms with Crippen LogP contribution < -0.4 is 5.11 Å². The molecule has 0 saturated heterocycles. The number of benzene rings is 1. The molecule has 0 aliphatic rings. The van der Waals surface area contributed by atoms with E-state index in [1.54, 1.807) is 0 Å². The molecule has 2 aromatic rings. The molecule has 106 valence electrons. The van der Waals surface area contributed by atoms with Gasteiger partial charge in [0.25, 0.3) is 0 Å². The predicted octanol–water partition coefficient (Wildman–Crippen LogP) is 1.18. The summed E-state index contributed by atoms with van der Waals surface area (Å²) >= 11 is 0. The smallest absolute Gasteiger partial charge is 0.419 e. The number of hydrogen-bond acceptors (Lipinski definition) is 5. The van der Waals surface area contributed by atoms with Crippen LogP contribution in [-0.2, 0) is 12.6 Å². The molecule has 20 heavy (non-hydrogen) atoms. The maximum atomic E-state index is 13.7. The Balaban J connectivity index is 2.32. The highest BCUT2D eigenvalue weighted by Crippen LogP contribution is 2.32. The summed E-state index contributed by atoms with van der Waals surface area (Å²) in [7, 11) is 0. The number of carboxylic acid groups (broad SMARTS) is 1. The van der Waals surface area contributed by atoms with E-state index in [1.165, 1.54) is 0 Å². The maximum Gasteiger partial charge on any atom is 0.419 e. The summed E-state index contributed by atoms with van der Waals surface area (Å²) in [5.74, 6) is -4.26. The first-order valence-electron chi connectivity index (χ1n) is 5.17. The van der Waals surface area contributed by atoms with Crippen LogP contribution >= 0.6 is 0 Å². The van der Waals surface area contributed by atoms with Crippen molar-refractivity contribution in [1.29, 1.82) is 0 Å². The molecule has 0 bridgehead atoms. The monoisotopic (exact) mass is 289 g/mol. The second-order valence-electron chi connectivity index (χ2n) is 3.75. The number of carboxylic acids is 1. The molecule has 9 heteroatoms. The lowest BCUT2D eigenvalue weighted by Crippen LogP contribution is -2.23. The van der Waals surface area contributed by atoms with E-state index in [2.05, 4.69) is 14.7 Å². The predicted molar refractivity (Wildman–Crippen MR) is 52.8 cm³/mol. The number of carbonyl (C=O) groups is 1. The third kappa shape index (κ3) is 2.76. The molecular weight excluding hydrogens is 284 g/mol. The summed E-state index contributed by atoms with van der Waals surface area (Å²) < 4.78 is 55.7. The summed E-state index contributed by atoms with van der Waals surface area (Å²) in [6, 6.07) is 2.73. The van der Waals surface area contributed by atoms with Crippen LogP contribution in [0.25, 0.3) is 0 Å². The van der Waals surface area contributed by atoms with Crippen molar-refractivity contribution in [3.8, 4) is 0 Å². The molecule has 0 saturated carbocycles. The average Bonchev–Trinajstić information content (AvgIpc) is 2.79. The number of aromatic carboxylic acids is 1. The molecule has 0 unspecified atom stereocenters. The Labute approximate surface area is 108 Å². The fraction of sp³-hybridized carbons (Fsp3) is 0.182. The van der Waals surface area contributed by atoms with E-state index in [9.17, 15) is 27.5 Å². The van der Waals surface area contributed by atoms with Crippen LogP contribution in [0, 0.1) is 5.82 Å². The zero-order valence-corrected chi connectivity index (χ0v) is 9.57. The Hall–Kier alpha value is -2.45. The highest BCUT2D eigenvalue weighted by molar-refractivity contribution is 5.80. The Morgan fingerprint density at radius 3 is 2.60 bits per heavy atom. The molecule has 0 aliphatic carbocycles. The van der Waals surface area contributed by atoms with E-state index in [0.29, 0.717) is 6.07 Å². The first-order valence-corrected chi connectivity index (χ1v) is 5.17. The first kappa shape index (κ1) is 14.0. The number of hydrogen-bond donors (Lipinski definition) is 0. The zero-order chi connectivity index (χ0) is 14.9. The molecule has 0 atom stereocenters. The molecule has 0 aliphatic heterocycles. The maximum absolute atomic E-state index is 13.7. The largest absolute Gasteiger partial charge is 0.541 e.